The van der Waals surface area contributed by atoms with Gasteiger partial charge in [0.05, 0.1) is 19.0 Å². The summed E-state index contributed by atoms with van der Waals surface area (Å²) in [5, 5.41) is 5.71. The first kappa shape index (κ1) is 15.8. The van der Waals surface area contributed by atoms with E-state index in [1.807, 2.05) is 0 Å². The van der Waals surface area contributed by atoms with Gasteiger partial charge < -0.3 is 15.4 Å². The van der Waals surface area contributed by atoms with E-state index in [2.05, 4.69) is 20.6 Å². The first-order chi connectivity index (χ1) is 10.7. The second kappa shape index (κ2) is 8.04. The topological polar surface area (TPSA) is 76.1 Å². The molecular formula is C15H17FN4O2. The molecule has 7 heteroatoms. The summed E-state index contributed by atoms with van der Waals surface area (Å²) in [6.07, 6.45) is 2.89. The van der Waals surface area contributed by atoms with Crippen LogP contribution in [0.3, 0.4) is 0 Å². The third-order valence-electron chi connectivity index (χ3n) is 2.86. The monoisotopic (exact) mass is 304 g/mol. The molecule has 6 nitrogen and oxygen atoms in total. The van der Waals surface area contributed by atoms with Crippen LogP contribution in [0.15, 0.2) is 36.7 Å². The predicted molar refractivity (Wildman–Crippen MR) is 80.0 cm³/mol. The number of methoxy groups -OCH3 is 1. The summed E-state index contributed by atoms with van der Waals surface area (Å²) in [5.74, 6) is -0.0649. The van der Waals surface area contributed by atoms with Gasteiger partial charge in [0.2, 0.25) is 0 Å². The van der Waals surface area contributed by atoms with Crippen LogP contribution < -0.4 is 10.6 Å². The molecule has 0 saturated carbocycles. The Morgan fingerprint density at radius 2 is 2.00 bits per heavy atom. The minimum absolute atomic E-state index is 0.222. The number of anilines is 1. The number of nitrogens with one attached hydrogen (secondary N) is 2. The highest BCUT2D eigenvalue weighted by atomic mass is 19.1. The highest BCUT2D eigenvalue weighted by molar-refractivity contribution is 5.91. The SMILES string of the molecule is COCCNc1cnc(C(=O)NCc2ccc(F)cc2)cn1. The Morgan fingerprint density at radius 1 is 1.23 bits per heavy atom. The molecule has 1 aromatic heterocycles. The number of carbonyl (C=O) groups is 1. The molecule has 2 aromatic rings. The zero-order chi connectivity index (χ0) is 15.8. The predicted octanol–water partition coefficient (Wildman–Crippen LogP) is 1.60. The molecule has 0 aliphatic rings. The van der Waals surface area contributed by atoms with Crippen molar-refractivity contribution in [3.05, 3.63) is 53.7 Å². The number of halogens is 1. The summed E-state index contributed by atoms with van der Waals surface area (Å²) < 4.78 is 17.7. The Hall–Kier alpha value is -2.54. The van der Waals surface area contributed by atoms with Gasteiger partial charge in [0, 0.05) is 20.2 Å². The van der Waals surface area contributed by atoms with Gasteiger partial charge in [0.1, 0.15) is 17.3 Å². The Labute approximate surface area is 127 Å². The third-order valence-corrected chi connectivity index (χ3v) is 2.86. The van der Waals surface area contributed by atoms with Crippen LogP contribution in [0, 0.1) is 5.82 Å². The minimum Gasteiger partial charge on any atom is -0.383 e. The van der Waals surface area contributed by atoms with Crippen molar-refractivity contribution in [3.8, 4) is 0 Å². The number of amides is 1. The van der Waals surface area contributed by atoms with E-state index in [0.29, 0.717) is 25.5 Å². The molecule has 1 aromatic carbocycles. The average Bonchev–Trinajstić information content (AvgIpc) is 2.55. The lowest BCUT2D eigenvalue weighted by Gasteiger charge is -2.06. The summed E-state index contributed by atoms with van der Waals surface area (Å²) in [6, 6.07) is 5.93. The van der Waals surface area contributed by atoms with Crippen molar-refractivity contribution in [3.63, 3.8) is 0 Å². The first-order valence-corrected chi connectivity index (χ1v) is 6.76. The molecule has 22 heavy (non-hydrogen) atoms. The van der Waals surface area contributed by atoms with E-state index >= 15 is 0 Å². The molecule has 0 bridgehead atoms. The van der Waals surface area contributed by atoms with Crippen LogP contribution in [0.25, 0.3) is 0 Å². The first-order valence-electron chi connectivity index (χ1n) is 6.76. The Kier molecular flexibility index (Phi) is 5.79. The standard InChI is InChI=1S/C15H17FN4O2/c1-22-7-6-17-14-10-18-13(9-19-14)15(21)20-8-11-2-4-12(16)5-3-11/h2-5,9-10H,6-8H2,1H3,(H,17,19)(H,20,21). The molecule has 0 atom stereocenters. The summed E-state index contributed by atoms with van der Waals surface area (Å²) in [4.78, 5) is 20.1. The Balaban J connectivity index is 1.85. The largest absolute Gasteiger partial charge is 0.383 e. The lowest BCUT2D eigenvalue weighted by molar-refractivity contribution is 0.0945. The van der Waals surface area contributed by atoms with Crippen LogP contribution >= 0.6 is 0 Å². The van der Waals surface area contributed by atoms with Gasteiger partial charge in [-0.1, -0.05) is 12.1 Å². The van der Waals surface area contributed by atoms with Crippen LogP contribution in [0.5, 0.6) is 0 Å². The number of hydrogen-bond donors (Lipinski definition) is 2. The van der Waals surface area contributed by atoms with Gasteiger partial charge in [-0.25, -0.2) is 14.4 Å². The van der Waals surface area contributed by atoms with E-state index in [0.717, 1.165) is 5.56 Å². The normalized spacial score (nSPS) is 10.3. The highest BCUT2D eigenvalue weighted by Gasteiger charge is 2.07. The molecule has 0 saturated heterocycles. The fourth-order valence-corrected chi connectivity index (χ4v) is 1.69. The van der Waals surface area contributed by atoms with Crippen molar-refractivity contribution in [2.45, 2.75) is 6.54 Å². The lowest BCUT2D eigenvalue weighted by Crippen LogP contribution is -2.24. The summed E-state index contributed by atoms with van der Waals surface area (Å²) in [5.41, 5.74) is 1.03. The number of hydrogen-bond acceptors (Lipinski definition) is 5. The van der Waals surface area contributed by atoms with Crippen LogP contribution in [0.2, 0.25) is 0 Å². The Bertz CT molecular complexity index is 602. The van der Waals surface area contributed by atoms with Crippen molar-refractivity contribution < 1.29 is 13.9 Å². The lowest BCUT2D eigenvalue weighted by atomic mass is 10.2. The molecule has 0 aliphatic heterocycles. The van der Waals surface area contributed by atoms with Crippen LogP contribution in [-0.4, -0.2) is 36.1 Å². The van der Waals surface area contributed by atoms with Gasteiger partial charge in [-0.2, -0.15) is 0 Å². The Morgan fingerprint density at radius 3 is 2.64 bits per heavy atom. The second-order valence-corrected chi connectivity index (χ2v) is 4.52. The number of carbonyl (C=O) groups excluding carboxylic acids is 1. The van der Waals surface area contributed by atoms with Crippen molar-refractivity contribution in [2.24, 2.45) is 0 Å². The van der Waals surface area contributed by atoms with Crippen molar-refractivity contribution >= 4 is 11.7 Å². The van der Waals surface area contributed by atoms with Gasteiger partial charge in [-0.15, -0.1) is 0 Å². The van der Waals surface area contributed by atoms with E-state index < -0.39 is 0 Å². The number of ether oxygens (including phenoxy) is 1. The van der Waals surface area contributed by atoms with Gasteiger partial charge in [-0.05, 0) is 17.7 Å². The maximum Gasteiger partial charge on any atom is 0.271 e. The molecule has 1 heterocycles. The van der Waals surface area contributed by atoms with E-state index in [1.54, 1.807) is 19.2 Å². The molecule has 0 unspecified atom stereocenters. The van der Waals surface area contributed by atoms with E-state index in [9.17, 15) is 9.18 Å². The molecule has 0 fully saturated rings. The number of benzene rings is 1. The molecule has 0 aliphatic carbocycles. The smallest absolute Gasteiger partial charge is 0.271 e. The summed E-state index contributed by atoms with van der Waals surface area (Å²) in [6.45, 7) is 1.47. The summed E-state index contributed by atoms with van der Waals surface area (Å²) >= 11 is 0. The number of aromatic nitrogens is 2. The third kappa shape index (κ3) is 4.78. The molecule has 0 spiro atoms. The molecule has 1 amide bonds. The van der Waals surface area contributed by atoms with Crippen LogP contribution in [0.1, 0.15) is 16.1 Å². The number of rotatable bonds is 7. The number of nitrogens with zero attached hydrogens (tertiary/aromatic N) is 2. The summed E-state index contributed by atoms with van der Waals surface area (Å²) in [7, 11) is 1.61. The van der Waals surface area contributed by atoms with Gasteiger partial charge in [0.15, 0.2) is 0 Å². The average molecular weight is 304 g/mol. The van der Waals surface area contributed by atoms with E-state index in [-0.39, 0.29) is 17.4 Å². The molecule has 2 N–H and O–H groups in total. The molecule has 2 rings (SSSR count). The quantitative estimate of drug-likeness (QED) is 0.760. The molecule has 116 valence electrons. The maximum absolute atomic E-state index is 12.8. The zero-order valence-corrected chi connectivity index (χ0v) is 12.2. The fourth-order valence-electron chi connectivity index (χ4n) is 1.69. The van der Waals surface area contributed by atoms with E-state index in [1.165, 1.54) is 24.5 Å². The van der Waals surface area contributed by atoms with Gasteiger partial charge in [-0.3, -0.25) is 4.79 Å². The molecule has 0 radical (unpaired) electrons. The highest BCUT2D eigenvalue weighted by Crippen LogP contribution is 2.04. The van der Waals surface area contributed by atoms with Crippen LogP contribution in [0.4, 0.5) is 10.2 Å². The second-order valence-electron chi connectivity index (χ2n) is 4.52. The maximum atomic E-state index is 12.8. The van der Waals surface area contributed by atoms with Crippen LogP contribution in [-0.2, 0) is 11.3 Å². The van der Waals surface area contributed by atoms with Crippen molar-refractivity contribution in [1.29, 1.82) is 0 Å². The van der Waals surface area contributed by atoms with Crippen molar-refractivity contribution in [1.82, 2.24) is 15.3 Å². The minimum atomic E-state index is -0.333. The fraction of sp³-hybridized carbons (Fsp3) is 0.267. The zero-order valence-electron chi connectivity index (χ0n) is 12.2. The molecular weight excluding hydrogens is 287 g/mol. The van der Waals surface area contributed by atoms with Gasteiger partial charge in [0.25, 0.3) is 5.91 Å². The van der Waals surface area contributed by atoms with Crippen molar-refractivity contribution in [2.75, 3.05) is 25.6 Å². The van der Waals surface area contributed by atoms with E-state index in [4.69, 9.17) is 4.74 Å². The van der Waals surface area contributed by atoms with Gasteiger partial charge >= 0.3 is 0 Å².